The van der Waals surface area contributed by atoms with Gasteiger partial charge in [0.1, 0.15) is 5.58 Å². The van der Waals surface area contributed by atoms with E-state index >= 15 is 0 Å². The zero-order valence-corrected chi connectivity index (χ0v) is 18.3. The summed E-state index contributed by atoms with van der Waals surface area (Å²) >= 11 is 0. The molecule has 1 heterocycles. The van der Waals surface area contributed by atoms with Crippen molar-refractivity contribution in [2.75, 3.05) is 6.61 Å². The quantitative estimate of drug-likeness (QED) is 0.424. The van der Waals surface area contributed by atoms with Crippen LogP contribution in [0.15, 0.2) is 70.0 Å². The predicted octanol–water partition coefficient (Wildman–Crippen LogP) is 5.11. The van der Waals surface area contributed by atoms with Gasteiger partial charge in [-0.1, -0.05) is 42.5 Å². The van der Waals surface area contributed by atoms with Crippen LogP contribution in [0.1, 0.15) is 41.6 Å². The molecule has 0 spiro atoms. The SMILES string of the molecule is CCOC(=O)c1oc2ccc(S(=O)(=O)NC(C)c3cccc4ccccc34)cc2c1C. The molecule has 6 nitrogen and oxygen atoms in total. The molecule has 0 fully saturated rings. The molecule has 31 heavy (non-hydrogen) atoms. The van der Waals surface area contributed by atoms with E-state index in [0.717, 1.165) is 16.3 Å². The fourth-order valence-electron chi connectivity index (χ4n) is 3.75. The van der Waals surface area contributed by atoms with Gasteiger partial charge in [0.15, 0.2) is 0 Å². The minimum absolute atomic E-state index is 0.0866. The van der Waals surface area contributed by atoms with Gasteiger partial charge >= 0.3 is 5.97 Å². The summed E-state index contributed by atoms with van der Waals surface area (Å²) in [6, 6.07) is 17.8. The van der Waals surface area contributed by atoms with Crippen LogP contribution in [0.4, 0.5) is 0 Å². The van der Waals surface area contributed by atoms with Crippen molar-refractivity contribution in [3.63, 3.8) is 0 Å². The minimum Gasteiger partial charge on any atom is -0.460 e. The van der Waals surface area contributed by atoms with Crippen molar-refractivity contribution in [1.29, 1.82) is 0 Å². The largest absolute Gasteiger partial charge is 0.460 e. The van der Waals surface area contributed by atoms with Gasteiger partial charge in [0.2, 0.25) is 15.8 Å². The van der Waals surface area contributed by atoms with Crippen molar-refractivity contribution in [3.05, 3.63) is 77.6 Å². The van der Waals surface area contributed by atoms with Gasteiger partial charge in [-0.05, 0) is 55.3 Å². The Kier molecular flexibility index (Phi) is 5.56. The Labute approximate surface area is 180 Å². The summed E-state index contributed by atoms with van der Waals surface area (Å²) in [6.45, 7) is 5.47. The second-order valence-electron chi connectivity index (χ2n) is 7.35. The third kappa shape index (κ3) is 3.94. The molecule has 0 bridgehead atoms. The lowest BCUT2D eigenvalue weighted by Gasteiger charge is -2.17. The van der Waals surface area contributed by atoms with Crippen LogP contribution in [0.3, 0.4) is 0 Å². The normalized spacial score (nSPS) is 12.9. The van der Waals surface area contributed by atoms with Crippen molar-refractivity contribution in [3.8, 4) is 0 Å². The smallest absolute Gasteiger partial charge is 0.374 e. The summed E-state index contributed by atoms with van der Waals surface area (Å²) in [5.74, 6) is -0.480. The number of sulfonamides is 1. The number of aryl methyl sites for hydroxylation is 1. The van der Waals surface area contributed by atoms with Gasteiger partial charge in [-0.2, -0.15) is 0 Å². The zero-order valence-electron chi connectivity index (χ0n) is 17.5. The maximum Gasteiger partial charge on any atom is 0.374 e. The minimum atomic E-state index is -3.81. The molecule has 1 unspecified atom stereocenters. The summed E-state index contributed by atoms with van der Waals surface area (Å²) in [5, 5.41) is 2.61. The predicted molar refractivity (Wildman–Crippen MR) is 120 cm³/mol. The van der Waals surface area contributed by atoms with Crippen LogP contribution in [-0.2, 0) is 14.8 Å². The Hall–Kier alpha value is -3.16. The first-order valence-electron chi connectivity index (χ1n) is 10.0. The lowest BCUT2D eigenvalue weighted by molar-refractivity contribution is 0.0491. The van der Waals surface area contributed by atoms with E-state index in [1.165, 1.54) is 12.1 Å². The molecule has 0 amide bonds. The Balaban J connectivity index is 1.68. The highest BCUT2D eigenvalue weighted by Crippen LogP contribution is 2.30. The van der Waals surface area contributed by atoms with Gasteiger partial charge < -0.3 is 9.15 Å². The fraction of sp³-hybridized carbons (Fsp3) is 0.208. The summed E-state index contributed by atoms with van der Waals surface area (Å²) in [6.07, 6.45) is 0. The lowest BCUT2D eigenvalue weighted by Crippen LogP contribution is -2.27. The second-order valence-corrected chi connectivity index (χ2v) is 9.06. The molecule has 4 rings (SSSR count). The van der Waals surface area contributed by atoms with Crippen LogP contribution in [0.5, 0.6) is 0 Å². The summed E-state index contributed by atoms with van der Waals surface area (Å²) in [5.41, 5.74) is 1.88. The number of carbonyl (C=O) groups excluding carboxylic acids is 1. The molecular weight excluding hydrogens is 414 g/mol. The molecule has 0 saturated heterocycles. The third-order valence-electron chi connectivity index (χ3n) is 5.30. The average Bonchev–Trinajstić information content (AvgIpc) is 3.09. The molecule has 0 aliphatic heterocycles. The van der Waals surface area contributed by atoms with Crippen LogP contribution in [-0.4, -0.2) is 21.0 Å². The summed E-state index contributed by atoms with van der Waals surface area (Å²) in [7, 11) is -3.81. The van der Waals surface area contributed by atoms with Gasteiger partial charge in [0.05, 0.1) is 11.5 Å². The van der Waals surface area contributed by atoms with Gasteiger partial charge in [-0.25, -0.2) is 17.9 Å². The highest BCUT2D eigenvalue weighted by molar-refractivity contribution is 7.89. The Bertz CT molecular complexity index is 1380. The number of hydrogen-bond acceptors (Lipinski definition) is 5. The molecule has 1 aromatic heterocycles. The van der Waals surface area contributed by atoms with E-state index in [-0.39, 0.29) is 17.3 Å². The highest BCUT2D eigenvalue weighted by Gasteiger charge is 2.23. The molecule has 0 aliphatic rings. The first kappa shape index (κ1) is 21.1. The second kappa shape index (κ2) is 8.17. The monoisotopic (exact) mass is 437 g/mol. The molecule has 7 heteroatoms. The Morgan fingerprint density at radius 2 is 1.81 bits per heavy atom. The first-order chi connectivity index (χ1) is 14.8. The highest BCUT2D eigenvalue weighted by atomic mass is 32.2. The van der Waals surface area contributed by atoms with E-state index in [4.69, 9.17) is 9.15 Å². The maximum absolute atomic E-state index is 13.1. The lowest BCUT2D eigenvalue weighted by atomic mass is 10.0. The van der Waals surface area contributed by atoms with E-state index in [9.17, 15) is 13.2 Å². The number of esters is 1. The number of nitrogens with one attached hydrogen (secondary N) is 1. The van der Waals surface area contributed by atoms with E-state index in [0.29, 0.717) is 16.5 Å². The summed E-state index contributed by atoms with van der Waals surface area (Å²) in [4.78, 5) is 12.2. The van der Waals surface area contributed by atoms with E-state index in [1.807, 2.05) is 49.4 Å². The molecule has 0 radical (unpaired) electrons. The van der Waals surface area contributed by atoms with Gasteiger partial charge in [-0.15, -0.1) is 0 Å². The Morgan fingerprint density at radius 1 is 1.06 bits per heavy atom. The van der Waals surface area contributed by atoms with Crippen molar-refractivity contribution in [2.24, 2.45) is 0 Å². The number of fused-ring (bicyclic) bond motifs is 2. The van der Waals surface area contributed by atoms with Crippen LogP contribution < -0.4 is 4.72 Å². The molecule has 0 saturated carbocycles. The van der Waals surface area contributed by atoms with Crippen molar-refractivity contribution in [1.82, 2.24) is 4.72 Å². The molecule has 1 atom stereocenters. The molecule has 4 aromatic rings. The topological polar surface area (TPSA) is 85.6 Å². The summed E-state index contributed by atoms with van der Waals surface area (Å²) < 4.78 is 39.6. The third-order valence-corrected chi connectivity index (χ3v) is 6.84. The van der Waals surface area contributed by atoms with Gasteiger partial charge in [0, 0.05) is 17.0 Å². The number of carbonyl (C=O) groups is 1. The molecule has 0 aliphatic carbocycles. The van der Waals surface area contributed by atoms with Crippen molar-refractivity contribution < 1.29 is 22.4 Å². The number of benzene rings is 3. The number of furan rings is 1. The van der Waals surface area contributed by atoms with Crippen LogP contribution in [0, 0.1) is 6.92 Å². The zero-order chi connectivity index (χ0) is 22.2. The van der Waals surface area contributed by atoms with E-state index < -0.39 is 22.0 Å². The molecular formula is C24H23NO5S. The van der Waals surface area contributed by atoms with E-state index in [1.54, 1.807) is 19.9 Å². The number of ether oxygens (including phenoxy) is 1. The Morgan fingerprint density at radius 3 is 2.58 bits per heavy atom. The molecule has 1 N–H and O–H groups in total. The fourth-order valence-corrected chi connectivity index (χ4v) is 5.00. The first-order valence-corrected chi connectivity index (χ1v) is 11.5. The molecule has 160 valence electrons. The van der Waals surface area contributed by atoms with Crippen LogP contribution >= 0.6 is 0 Å². The van der Waals surface area contributed by atoms with Crippen LogP contribution in [0.25, 0.3) is 21.7 Å². The average molecular weight is 438 g/mol. The number of hydrogen-bond donors (Lipinski definition) is 1. The van der Waals surface area contributed by atoms with E-state index in [2.05, 4.69) is 4.72 Å². The van der Waals surface area contributed by atoms with Crippen LogP contribution in [0.2, 0.25) is 0 Å². The number of rotatable bonds is 6. The van der Waals surface area contributed by atoms with Gasteiger partial charge in [-0.3, -0.25) is 0 Å². The van der Waals surface area contributed by atoms with Crippen molar-refractivity contribution >= 4 is 37.7 Å². The molecule has 3 aromatic carbocycles. The standard InChI is InChI=1S/C24H23NO5S/c1-4-29-24(26)23-15(2)21-14-18(12-13-22(21)30-23)31(27,28)25-16(3)19-11-7-9-17-8-5-6-10-20(17)19/h5-14,16,25H,4H2,1-3H3. The maximum atomic E-state index is 13.1. The van der Waals surface area contributed by atoms with Gasteiger partial charge in [0.25, 0.3) is 0 Å². The van der Waals surface area contributed by atoms with Crippen molar-refractivity contribution in [2.45, 2.75) is 31.7 Å².